The average Bonchev–Trinajstić information content (AvgIpc) is 2.80. The molecule has 17 heavy (non-hydrogen) atoms. The molecule has 5 heteroatoms. The normalized spacial score (nSPS) is 14.4. The summed E-state index contributed by atoms with van der Waals surface area (Å²) in [6.45, 7) is 4.91. The van der Waals surface area contributed by atoms with E-state index in [1.54, 1.807) is 25.2 Å². The van der Waals surface area contributed by atoms with E-state index < -0.39 is 0 Å². The number of aromatic nitrogens is 2. The maximum absolute atomic E-state index is 11.4. The van der Waals surface area contributed by atoms with Crippen LogP contribution in [0.3, 0.4) is 0 Å². The van der Waals surface area contributed by atoms with Crippen LogP contribution in [0.25, 0.3) is 0 Å². The van der Waals surface area contributed by atoms with Gasteiger partial charge in [-0.05, 0) is 19.9 Å². The topological polar surface area (TPSA) is 50.2 Å². The van der Waals surface area contributed by atoms with Gasteiger partial charge in [0.2, 0.25) is 5.91 Å². The van der Waals surface area contributed by atoms with Crippen LogP contribution in [0, 0.1) is 0 Å². The van der Waals surface area contributed by atoms with Crippen molar-refractivity contribution in [1.29, 1.82) is 0 Å². The molecule has 0 bridgehead atoms. The van der Waals surface area contributed by atoms with Crippen LogP contribution in [0.2, 0.25) is 0 Å². The molecule has 1 heterocycles. The predicted molar refractivity (Wildman–Crippen MR) is 67.7 cm³/mol. The van der Waals surface area contributed by atoms with Crippen molar-refractivity contribution in [2.75, 3.05) is 20.6 Å². The molecule has 0 saturated heterocycles. The summed E-state index contributed by atoms with van der Waals surface area (Å²) in [5.41, 5.74) is 0. The summed E-state index contributed by atoms with van der Waals surface area (Å²) in [6, 6.07) is 2.48. The molecule has 1 rings (SSSR count). The van der Waals surface area contributed by atoms with Gasteiger partial charge in [0, 0.05) is 45.5 Å². The molecular weight excluding hydrogens is 216 g/mol. The second kappa shape index (κ2) is 6.39. The van der Waals surface area contributed by atoms with Crippen LogP contribution in [-0.4, -0.2) is 47.3 Å². The zero-order chi connectivity index (χ0) is 12.8. The van der Waals surface area contributed by atoms with Gasteiger partial charge in [0.15, 0.2) is 0 Å². The zero-order valence-electron chi connectivity index (χ0n) is 11.1. The molecule has 1 aromatic rings. The molecule has 0 aliphatic rings. The second-order valence-corrected chi connectivity index (χ2v) is 4.51. The van der Waals surface area contributed by atoms with Crippen molar-refractivity contribution < 1.29 is 4.79 Å². The zero-order valence-corrected chi connectivity index (χ0v) is 11.1. The summed E-state index contributed by atoms with van der Waals surface area (Å²) in [5, 5.41) is 7.56. The van der Waals surface area contributed by atoms with Crippen molar-refractivity contribution in [3.05, 3.63) is 18.5 Å². The van der Waals surface area contributed by atoms with Crippen LogP contribution in [0.5, 0.6) is 0 Å². The molecule has 0 aromatic carbocycles. The molecule has 0 aliphatic heterocycles. The first kappa shape index (κ1) is 13.7. The molecule has 1 aromatic heterocycles. The van der Waals surface area contributed by atoms with Crippen LogP contribution in [0.1, 0.15) is 26.3 Å². The van der Waals surface area contributed by atoms with E-state index in [2.05, 4.69) is 24.3 Å². The molecule has 0 aliphatic carbocycles. The minimum Gasteiger partial charge on any atom is -0.349 e. The first-order valence-electron chi connectivity index (χ1n) is 5.95. The highest BCUT2D eigenvalue weighted by atomic mass is 16.2. The SMILES string of the molecule is C[C@H](NCCC(=O)N(C)C)[C@@H](C)n1cccn1. The number of carbonyl (C=O) groups excluding carboxylic acids is 1. The lowest BCUT2D eigenvalue weighted by Gasteiger charge is -2.22. The van der Waals surface area contributed by atoms with E-state index in [0.717, 1.165) is 0 Å². The van der Waals surface area contributed by atoms with Gasteiger partial charge in [-0.1, -0.05) is 0 Å². The molecule has 96 valence electrons. The molecule has 1 amide bonds. The number of nitrogens with one attached hydrogen (secondary N) is 1. The van der Waals surface area contributed by atoms with Gasteiger partial charge in [-0.25, -0.2) is 0 Å². The fraction of sp³-hybridized carbons (Fsp3) is 0.667. The molecule has 0 radical (unpaired) electrons. The first-order chi connectivity index (χ1) is 8.02. The molecule has 0 spiro atoms. The monoisotopic (exact) mass is 238 g/mol. The summed E-state index contributed by atoms with van der Waals surface area (Å²) in [6.07, 6.45) is 4.26. The maximum Gasteiger partial charge on any atom is 0.223 e. The standard InChI is InChI=1S/C12H22N4O/c1-10(11(2)16-9-5-7-14-16)13-8-6-12(17)15(3)4/h5,7,9-11,13H,6,8H2,1-4H3/t10-,11+/m0/s1. The largest absolute Gasteiger partial charge is 0.349 e. The molecule has 1 N–H and O–H groups in total. The number of hydrogen-bond donors (Lipinski definition) is 1. The minimum atomic E-state index is 0.149. The highest BCUT2D eigenvalue weighted by Gasteiger charge is 2.13. The van der Waals surface area contributed by atoms with Gasteiger partial charge in [0.05, 0.1) is 6.04 Å². The number of hydrogen-bond acceptors (Lipinski definition) is 3. The van der Waals surface area contributed by atoms with Gasteiger partial charge < -0.3 is 10.2 Å². The van der Waals surface area contributed by atoms with Crippen molar-refractivity contribution >= 4 is 5.91 Å². The summed E-state index contributed by atoms with van der Waals surface area (Å²) >= 11 is 0. The van der Waals surface area contributed by atoms with Gasteiger partial charge in [-0.3, -0.25) is 9.48 Å². The number of carbonyl (C=O) groups is 1. The highest BCUT2D eigenvalue weighted by Crippen LogP contribution is 2.08. The lowest BCUT2D eigenvalue weighted by molar-refractivity contribution is -0.128. The Morgan fingerprint density at radius 1 is 1.47 bits per heavy atom. The Kier molecular flexibility index (Phi) is 5.15. The summed E-state index contributed by atoms with van der Waals surface area (Å²) in [4.78, 5) is 13.0. The molecule has 0 saturated carbocycles. The van der Waals surface area contributed by atoms with Crippen LogP contribution in [0.4, 0.5) is 0 Å². The van der Waals surface area contributed by atoms with Crippen molar-refractivity contribution in [1.82, 2.24) is 20.0 Å². The Morgan fingerprint density at radius 2 is 2.18 bits per heavy atom. The van der Waals surface area contributed by atoms with Crippen molar-refractivity contribution in [2.24, 2.45) is 0 Å². The van der Waals surface area contributed by atoms with Crippen molar-refractivity contribution in [3.63, 3.8) is 0 Å². The van der Waals surface area contributed by atoms with Crippen LogP contribution >= 0.6 is 0 Å². The van der Waals surface area contributed by atoms with Crippen LogP contribution < -0.4 is 5.32 Å². The third kappa shape index (κ3) is 4.19. The molecule has 0 fully saturated rings. The van der Waals surface area contributed by atoms with E-state index in [0.29, 0.717) is 13.0 Å². The quantitative estimate of drug-likeness (QED) is 0.801. The third-order valence-electron chi connectivity index (χ3n) is 2.97. The summed E-state index contributed by atoms with van der Waals surface area (Å²) < 4.78 is 1.92. The Hall–Kier alpha value is -1.36. The Balaban J connectivity index is 2.30. The molecule has 5 nitrogen and oxygen atoms in total. The number of nitrogens with zero attached hydrogens (tertiary/aromatic N) is 3. The van der Waals surface area contributed by atoms with E-state index in [-0.39, 0.29) is 18.0 Å². The Morgan fingerprint density at radius 3 is 2.71 bits per heavy atom. The molecular formula is C12H22N4O. The van der Waals surface area contributed by atoms with E-state index >= 15 is 0 Å². The minimum absolute atomic E-state index is 0.149. The second-order valence-electron chi connectivity index (χ2n) is 4.51. The fourth-order valence-corrected chi connectivity index (χ4v) is 1.55. The first-order valence-corrected chi connectivity index (χ1v) is 5.95. The number of amides is 1. The lowest BCUT2D eigenvalue weighted by atomic mass is 10.1. The maximum atomic E-state index is 11.4. The van der Waals surface area contributed by atoms with Crippen molar-refractivity contribution in [3.8, 4) is 0 Å². The van der Waals surface area contributed by atoms with Gasteiger partial charge >= 0.3 is 0 Å². The lowest BCUT2D eigenvalue weighted by Crippen LogP contribution is -2.36. The Bertz CT molecular complexity index is 334. The molecule has 2 atom stereocenters. The van der Waals surface area contributed by atoms with Gasteiger partial charge in [-0.15, -0.1) is 0 Å². The number of rotatable bonds is 6. The van der Waals surface area contributed by atoms with E-state index in [1.165, 1.54) is 0 Å². The average molecular weight is 238 g/mol. The predicted octanol–water partition coefficient (Wildman–Crippen LogP) is 0.900. The third-order valence-corrected chi connectivity index (χ3v) is 2.97. The van der Waals surface area contributed by atoms with Gasteiger partial charge in [-0.2, -0.15) is 5.10 Å². The van der Waals surface area contributed by atoms with E-state index in [1.807, 2.05) is 16.9 Å². The fourth-order valence-electron chi connectivity index (χ4n) is 1.55. The summed E-state index contributed by atoms with van der Waals surface area (Å²) in [7, 11) is 3.55. The molecule has 0 unspecified atom stereocenters. The van der Waals surface area contributed by atoms with Gasteiger partial charge in [0.25, 0.3) is 0 Å². The smallest absolute Gasteiger partial charge is 0.223 e. The Labute approximate surface area is 103 Å². The van der Waals surface area contributed by atoms with E-state index in [9.17, 15) is 4.79 Å². The van der Waals surface area contributed by atoms with Crippen LogP contribution in [-0.2, 0) is 4.79 Å². The van der Waals surface area contributed by atoms with Crippen molar-refractivity contribution in [2.45, 2.75) is 32.4 Å². The van der Waals surface area contributed by atoms with Crippen LogP contribution in [0.15, 0.2) is 18.5 Å². The van der Waals surface area contributed by atoms with E-state index in [4.69, 9.17) is 0 Å². The van der Waals surface area contributed by atoms with Gasteiger partial charge in [0.1, 0.15) is 0 Å². The summed E-state index contributed by atoms with van der Waals surface area (Å²) in [5.74, 6) is 0.149. The highest BCUT2D eigenvalue weighted by molar-refractivity contribution is 5.75.